The molecule has 1 aromatic rings. The van der Waals surface area contributed by atoms with E-state index in [0.29, 0.717) is 6.42 Å². The molecule has 2 unspecified atom stereocenters. The molecule has 21 heavy (non-hydrogen) atoms. The first kappa shape index (κ1) is 15.6. The van der Waals surface area contributed by atoms with Gasteiger partial charge in [-0.3, -0.25) is 5.32 Å². The molecule has 1 aliphatic rings. The van der Waals surface area contributed by atoms with Gasteiger partial charge >= 0.3 is 12.3 Å². The fourth-order valence-electron chi connectivity index (χ4n) is 2.33. The predicted octanol–water partition coefficient (Wildman–Crippen LogP) is 3.52. The van der Waals surface area contributed by atoms with Gasteiger partial charge in [0.05, 0.1) is 5.56 Å². The molecule has 2 atom stereocenters. The molecule has 1 amide bonds. The molecule has 4 nitrogen and oxygen atoms in total. The molecule has 0 aliphatic heterocycles. The Morgan fingerprint density at radius 2 is 1.90 bits per heavy atom. The Balaban J connectivity index is 1.87. The monoisotopic (exact) mass is 302 g/mol. The lowest BCUT2D eigenvalue weighted by Gasteiger charge is -2.26. The smallest absolute Gasteiger partial charge is 0.416 e. The normalized spacial score (nSPS) is 22.7. The van der Waals surface area contributed by atoms with Gasteiger partial charge in [0.25, 0.3) is 0 Å². The Bertz CT molecular complexity index is 488. The van der Waals surface area contributed by atoms with Crippen molar-refractivity contribution < 1.29 is 22.7 Å². The lowest BCUT2D eigenvalue weighted by Crippen LogP contribution is -2.34. The first-order valence-electron chi connectivity index (χ1n) is 6.75. The molecular weight excluding hydrogens is 285 g/mol. The van der Waals surface area contributed by atoms with E-state index >= 15 is 0 Å². The van der Waals surface area contributed by atoms with Crippen LogP contribution in [0.25, 0.3) is 0 Å². The standard InChI is InChI=1S/C14H17F3N2O2/c15-14(16,17)9-4-6-11(7-5-9)19-13(20)21-12-3-1-2-10(18)8-12/h4-7,10,12H,1-3,8,18H2,(H,19,20). The molecule has 1 aromatic carbocycles. The number of carbonyl (C=O) groups excluding carboxylic acids is 1. The van der Waals surface area contributed by atoms with Crippen molar-refractivity contribution >= 4 is 11.8 Å². The summed E-state index contributed by atoms with van der Waals surface area (Å²) in [6.07, 6.45) is -2.11. The molecule has 0 radical (unpaired) electrons. The summed E-state index contributed by atoms with van der Waals surface area (Å²) in [4.78, 5) is 11.7. The van der Waals surface area contributed by atoms with Gasteiger partial charge in [0.1, 0.15) is 6.10 Å². The van der Waals surface area contributed by atoms with E-state index in [-0.39, 0.29) is 17.8 Å². The van der Waals surface area contributed by atoms with Crippen molar-refractivity contribution in [2.24, 2.45) is 5.73 Å². The number of carbonyl (C=O) groups is 1. The molecule has 2 rings (SSSR count). The minimum atomic E-state index is -4.39. The molecule has 0 bridgehead atoms. The average molecular weight is 302 g/mol. The third-order valence-corrected chi connectivity index (χ3v) is 3.40. The van der Waals surface area contributed by atoms with Crippen LogP contribution in [0.4, 0.5) is 23.7 Å². The van der Waals surface area contributed by atoms with Crippen molar-refractivity contribution in [1.29, 1.82) is 0 Å². The zero-order valence-corrected chi connectivity index (χ0v) is 11.3. The second kappa shape index (κ2) is 6.34. The topological polar surface area (TPSA) is 64.3 Å². The van der Waals surface area contributed by atoms with Crippen LogP contribution in [0.1, 0.15) is 31.2 Å². The second-order valence-electron chi connectivity index (χ2n) is 5.15. The highest BCUT2D eigenvalue weighted by atomic mass is 19.4. The fraction of sp³-hybridized carbons (Fsp3) is 0.500. The Morgan fingerprint density at radius 3 is 2.48 bits per heavy atom. The predicted molar refractivity (Wildman–Crippen MR) is 71.8 cm³/mol. The molecule has 1 aliphatic carbocycles. The number of benzene rings is 1. The van der Waals surface area contributed by atoms with E-state index in [1.54, 1.807) is 0 Å². The molecule has 3 N–H and O–H groups in total. The van der Waals surface area contributed by atoms with Gasteiger partial charge in [-0.05, 0) is 49.9 Å². The lowest BCUT2D eigenvalue weighted by molar-refractivity contribution is -0.137. The van der Waals surface area contributed by atoms with Crippen LogP contribution < -0.4 is 11.1 Å². The first-order chi connectivity index (χ1) is 9.84. The maximum absolute atomic E-state index is 12.4. The highest BCUT2D eigenvalue weighted by Crippen LogP contribution is 2.29. The van der Waals surface area contributed by atoms with E-state index in [1.165, 1.54) is 12.1 Å². The summed E-state index contributed by atoms with van der Waals surface area (Å²) in [5.41, 5.74) is 5.29. The van der Waals surface area contributed by atoms with Gasteiger partial charge in [-0.25, -0.2) is 4.79 Å². The fourth-order valence-corrected chi connectivity index (χ4v) is 2.33. The third kappa shape index (κ3) is 4.63. The van der Waals surface area contributed by atoms with Crippen molar-refractivity contribution in [2.75, 3.05) is 5.32 Å². The molecule has 1 saturated carbocycles. The van der Waals surface area contributed by atoms with Crippen molar-refractivity contribution in [1.82, 2.24) is 0 Å². The highest BCUT2D eigenvalue weighted by molar-refractivity contribution is 5.84. The van der Waals surface area contributed by atoms with E-state index in [4.69, 9.17) is 10.5 Å². The van der Waals surface area contributed by atoms with E-state index in [9.17, 15) is 18.0 Å². The molecule has 1 fully saturated rings. The van der Waals surface area contributed by atoms with E-state index in [0.717, 1.165) is 31.4 Å². The Morgan fingerprint density at radius 1 is 1.24 bits per heavy atom. The molecule has 0 aromatic heterocycles. The average Bonchev–Trinajstić information content (AvgIpc) is 2.38. The minimum absolute atomic E-state index is 0.0302. The zero-order valence-electron chi connectivity index (χ0n) is 11.3. The summed E-state index contributed by atoms with van der Waals surface area (Å²) in [5, 5.41) is 2.41. The lowest BCUT2D eigenvalue weighted by atomic mass is 9.94. The summed E-state index contributed by atoms with van der Waals surface area (Å²) < 4.78 is 42.4. The summed E-state index contributed by atoms with van der Waals surface area (Å²) >= 11 is 0. The molecule has 0 spiro atoms. The number of rotatable bonds is 2. The molecule has 0 heterocycles. The first-order valence-corrected chi connectivity index (χ1v) is 6.75. The summed E-state index contributed by atoms with van der Waals surface area (Å²) in [7, 11) is 0. The van der Waals surface area contributed by atoms with Gasteiger partial charge in [0.2, 0.25) is 0 Å². The molecular formula is C14H17F3N2O2. The number of nitrogens with two attached hydrogens (primary N) is 1. The summed E-state index contributed by atoms with van der Waals surface area (Å²) in [6.45, 7) is 0. The SMILES string of the molecule is NC1CCCC(OC(=O)Nc2ccc(C(F)(F)F)cc2)C1. The highest BCUT2D eigenvalue weighted by Gasteiger charge is 2.30. The Hall–Kier alpha value is -1.76. The van der Waals surface area contributed by atoms with Gasteiger partial charge in [-0.1, -0.05) is 0 Å². The van der Waals surface area contributed by atoms with Crippen molar-refractivity contribution in [3.8, 4) is 0 Å². The van der Waals surface area contributed by atoms with Gasteiger partial charge < -0.3 is 10.5 Å². The number of hydrogen-bond donors (Lipinski definition) is 2. The number of anilines is 1. The Labute approximate surface area is 120 Å². The number of ether oxygens (including phenoxy) is 1. The zero-order chi connectivity index (χ0) is 15.5. The second-order valence-corrected chi connectivity index (χ2v) is 5.15. The van der Waals surface area contributed by atoms with Crippen molar-refractivity contribution in [3.05, 3.63) is 29.8 Å². The quantitative estimate of drug-likeness (QED) is 0.878. The van der Waals surface area contributed by atoms with E-state index in [2.05, 4.69) is 5.32 Å². The van der Waals surface area contributed by atoms with Crippen LogP contribution in [-0.4, -0.2) is 18.2 Å². The number of hydrogen-bond acceptors (Lipinski definition) is 3. The summed E-state index contributed by atoms with van der Waals surface area (Å²) in [5.74, 6) is 0. The van der Waals surface area contributed by atoms with E-state index in [1.807, 2.05) is 0 Å². The number of alkyl halides is 3. The van der Waals surface area contributed by atoms with Gasteiger partial charge in [0, 0.05) is 11.7 Å². The minimum Gasteiger partial charge on any atom is -0.446 e. The van der Waals surface area contributed by atoms with Crippen LogP contribution in [0.5, 0.6) is 0 Å². The van der Waals surface area contributed by atoms with Gasteiger partial charge in [-0.15, -0.1) is 0 Å². The summed E-state index contributed by atoms with van der Waals surface area (Å²) in [6, 6.07) is 4.23. The van der Waals surface area contributed by atoms with Crippen LogP contribution >= 0.6 is 0 Å². The van der Waals surface area contributed by atoms with Crippen molar-refractivity contribution in [2.45, 2.75) is 44.0 Å². The van der Waals surface area contributed by atoms with Crippen LogP contribution in [0.3, 0.4) is 0 Å². The Kier molecular flexibility index (Phi) is 4.72. The number of amides is 1. The number of nitrogens with one attached hydrogen (secondary N) is 1. The molecule has 116 valence electrons. The van der Waals surface area contributed by atoms with E-state index < -0.39 is 17.8 Å². The van der Waals surface area contributed by atoms with Crippen LogP contribution in [0.2, 0.25) is 0 Å². The largest absolute Gasteiger partial charge is 0.446 e. The van der Waals surface area contributed by atoms with Crippen molar-refractivity contribution in [3.63, 3.8) is 0 Å². The van der Waals surface area contributed by atoms with Crippen LogP contribution in [0, 0.1) is 0 Å². The van der Waals surface area contributed by atoms with Gasteiger partial charge in [0.15, 0.2) is 0 Å². The maximum atomic E-state index is 12.4. The number of halogens is 3. The van der Waals surface area contributed by atoms with Crippen LogP contribution in [0.15, 0.2) is 24.3 Å². The van der Waals surface area contributed by atoms with Crippen LogP contribution in [-0.2, 0) is 10.9 Å². The molecule has 0 saturated heterocycles. The van der Waals surface area contributed by atoms with Gasteiger partial charge in [-0.2, -0.15) is 13.2 Å². The maximum Gasteiger partial charge on any atom is 0.416 e. The molecule has 7 heteroatoms. The third-order valence-electron chi connectivity index (χ3n) is 3.40.